The first kappa shape index (κ1) is 15.4. The lowest BCUT2D eigenvalue weighted by atomic mass is 10.3. The second-order valence-electron chi connectivity index (χ2n) is 3.31. The number of benzene rings is 1. The third kappa shape index (κ3) is 6.16. The van der Waals surface area contributed by atoms with Crippen molar-refractivity contribution in [3.05, 3.63) is 24.3 Å². The number of carbonyl (C=O) groups excluding carboxylic acids is 1. The summed E-state index contributed by atoms with van der Waals surface area (Å²) in [6, 6.07) is 6.08. The highest BCUT2D eigenvalue weighted by molar-refractivity contribution is 7.99. The van der Waals surface area contributed by atoms with Gasteiger partial charge in [-0.25, -0.2) is 4.79 Å². The lowest BCUT2D eigenvalue weighted by Crippen LogP contribution is -2.21. The van der Waals surface area contributed by atoms with Gasteiger partial charge in [-0.3, -0.25) is 4.79 Å². The summed E-state index contributed by atoms with van der Waals surface area (Å²) in [5, 5.41) is 10.7. The Labute approximate surface area is 111 Å². The molecular weight excluding hydrogens is 280 g/mol. The number of carboxylic acids is 1. The molecule has 0 heterocycles. The number of para-hydroxylation sites is 1. The molecule has 5 nitrogen and oxygen atoms in total. The fraction of sp³-hybridized carbons (Fsp3) is 0.273. The van der Waals surface area contributed by atoms with Gasteiger partial charge in [-0.05, 0) is 12.1 Å². The summed E-state index contributed by atoms with van der Waals surface area (Å²) in [5.74, 6) is -4.40. The minimum Gasteiger partial charge on any atom is -0.480 e. The molecule has 19 heavy (non-hydrogen) atoms. The highest BCUT2D eigenvalue weighted by atomic mass is 32.2. The summed E-state index contributed by atoms with van der Waals surface area (Å²) in [7, 11) is 0. The van der Waals surface area contributed by atoms with Crippen molar-refractivity contribution in [2.45, 2.75) is 10.7 Å². The average molecular weight is 291 g/mol. The highest BCUT2D eigenvalue weighted by Gasteiger charge is 2.12. The number of ether oxygens (including phenoxy) is 1. The monoisotopic (exact) mass is 291 g/mol. The topological polar surface area (TPSA) is 75.6 Å². The van der Waals surface area contributed by atoms with Crippen LogP contribution in [0.15, 0.2) is 29.2 Å². The predicted molar refractivity (Wildman–Crippen MR) is 65.4 cm³/mol. The molecule has 0 atom stereocenters. The molecule has 0 aromatic heterocycles. The minimum absolute atomic E-state index is 0.226. The van der Waals surface area contributed by atoms with Crippen LogP contribution in [0.4, 0.5) is 14.5 Å². The van der Waals surface area contributed by atoms with Crippen LogP contribution >= 0.6 is 11.8 Å². The molecule has 0 saturated carbocycles. The van der Waals surface area contributed by atoms with Crippen LogP contribution in [0.3, 0.4) is 0 Å². The molecule has 0 unspecified atom stereocenters. The summed E-state index contributed by atoms with van der Waals surface area (Å²) in [4.78, 5) is 21.8. The fourth-order valence-corrected chi connectivity index (χ4v) is 1.78. The first-order valence-electron chi connectivity index (χ1n) is 5.12. The predicted octanol–water partition coefficient (Wildman–Crippen LogP) is 2.04. The van der Waals surface area contributed by atoms with E-state index in [2.05, 4.69) is 10.1 Å². The molecule has 104 valence electrons. The second-order valence-corrected chi connectivity index (χ2v) is 4.34. The van der Waals surface area contributed by atoms with Gasteiger partial charge >= 0.3 is 5.97 Å². The number of nitrogens with one attached hydrogen (secondary N) is 1. The van der Waals surface area contributed by atoms with Crippen LogP contribution in [0.2, 0.25) is 0 Å². The number of hydrogen-bond donors (Lipinski definition) is 2. The summed E-state index contributed by atoms with van der Waals surface area (Å²) < 4.78 is 29.2. The molecule has 0 aliphatic carbocycles. The van der Waals surface area contributed by atoms with Crippen LogP contribution in [0.25, 0.3) is 0 Å². The molecule has 8 heteroatoms. The molecule has 1 aromatic carbocycles. The van der Waals surface area contributed by atoms with Gasteiger partial charge in [-0.15, -0.1) is 0 Å². The molecule has 0 fully saturated rings. The normalized spacial score (nSPS) is 10.5. The smallest absolute Gasteiger partial charge is 0.329 e. The van der Waals surface area contributed by atoms with Crippen molar-refractivity contribution in [2.75, 3.05) is 18.5 Å². The van der Waals surface area contributed by atoms with Gasteiger partial charge in [0.05, 0.1) is 5.69 Å². The molecule has 1 amide bonds. The Hall–Kier alpha value is -1.67. The van der Waals surface area contributed by atoms with Gasteiger partial charge in [0.2, 0.25) is 5.91 Å². The largest absolute Gasteiger partial charge is 0.480 e. The van der Waals surface area contributed by atoms with E-state index in [1.807, 2.05) is 0 Å². The maximum absolute atomic E-state index is 12.3. The number of aliphatic carboxylic acids is 1. The fourth-order valence-electron chi connectivity index (χ4n) is 1.19. The Morgan fingerprint density at radius 2 is 2.00 bits per heavy atom. The van der Waals surface area contributed by atoms with Crippen molar-refractivity contribution in [1.82, 2.24) is 0 Å². The number of amides is 1. The van der Waals surface area contributed by atoms with Crippen molar-refractivity contribution in [2.24, 2.45) is 0 Å². The number of hydrogen-bond acceptors (Lipinski definition) is 4. The van der Waals surface area contributed by atoms with Gasteiger partial charge in [-0.1, -0.05) is 23.9 Å². The van der Waals surface area contributed by atoms with E-state index in [1.54, 1.807) is 12.1 Å². The van der Waals surface area contributed by atoms with Crippen molar-refractivity contribution in [3.8, 4) is 0 Å². The number of thioether (sulfide) groups is 1. The average Bonchev–Trinajstić information content (AvgIpc) is 2.30. The Balaban J connectivity index is 2.56. The van der Waals surface area contributed by atoms with E-state index in [-0.39, 0.29) is 10.6 Å². The standard InChI is InChI=1S/C11H11F2NO4S/c12-11(13)19-8-4-2-1-3-7(8)14-9(15)5-18-6-10(16)17/h1-4,11H,5-6H2,(H,14,15)(H,16,17). The Morgan fingerprint density at radius 1 is 1.32 bits per heavy atom. The Kier molecular flexibility index (Phi) is 6.23. The van der Waals surface area contributed by atoms with E-state index in [4.69, 9.17) is 5.11 Å². The number of carbonyl (C=O) groups is 2. The quantitative estimate of drug-likeness (QED) is 0.752. The first-order chi connectivity index (χ1) is 8.99. The number of alkyl halides is 2. The maximum Gasteiger partial charge on any atom is 0.329 e. The van der Waals surface area contributed by atoms with Crippen LogP contribution < -0.4 is 5.32 Å². The van der Waals surface area contributed by atoms with Gasteiger partial charge in [0, 0.05) is 4.90 Å². The van der Waals surface area contributed by atoms with Gasteiger partial charge in [0.1, 0.15) is 13.2 Å². The molecule has 1 rings (SSSR count). The number of anilines is 1. The molecule has 0 bridgehead atoms. The first-order valence-corrected chi connectivity index (χ1v) is 6.00. The third-order valence-corrected chi connectivity index (χ3v) is 2.62. The van der Waals surface area contributed by atoms with E-state index >= 15 is 0 Å². The van der Waals surface area contributed by atoms with E-state index in [1.165, 1.54) is 12.1 Å². The maximum atomic E-state index is 12.3. The van der Waals surface area contributed by atoms with E-state index in [0.29, 0.717) is 11.8 Å². The van der Waals surface area contributed by atoms with E-state index in [0.717, 1.165) is 0 Å². The Bertz CT molecular complexity index is 456. The molecule has 0 radical (unpaired) electrons. The second kappa shape index (κ2) is 7.70. The van der Waals surface area contributed by atoms with Crippen LogP contribution in [-0.2, 0) is 14.3 Å². The lowest BCUT2D eigenvalue weighted by Gasteiger charge is -2.10. The Morgan fingerprint density at radius 3 is 2.63 bits per heavy atom. The third-order valence-electron chi connectivity index (χ3n) is 1.84. The van der Waals surface area contributed by atoms with Crippen molar-refractivity contribution >= 4 is 29.3 Å². The molecule has 0 aliphatic heterocycles. The molecule has 0 saturated heterocycles. The van der Waals surface area contributed by atoms with Gasteiger partial charge in [0.15, 0.2) is 0 Å². The minimum atomic E-state index is -2.60. The van der Waals surface area contributed by atoms with Crippen LogP contribution in [0, 0.1) is 0 Å². The van der Waals surface area contributed by atoms with Gasteiger partial charge < -0.3 is 15.2 Å². The number of rotatable bonds is 7. The molecule has 0 spiro atoms. The molecule has 1 aromatic rings. The number of halogens is 2. The lowest BCUT2D eigenvalue weighted by molar-refractivity contribution is -0.143. The molecule has 0 aliphatic rings. The van der Waals surface area contributed by atoms with Crippen LogP contribution in [-0.4, -0.2) is 36.0 Å². The van der Waals surface area contributed by atoms with Gasteiger partial charge in [0.25, 0.3) is 5.76 Å². The zero-order valence-electron chi connectivity index (χ0n) is 9.64. The van der Waals surface area contributed by atoms with Crippen molar-refractivity contribution in [3.63, 3.8) is 0 Å². The highest BCUT2D eigenvalue weighted by Crippen LogP contribution is 2.31. The van der Waals surface area contributed by atoms with Crippen molar-refractivity contribution < 1.29 is 28.2 Å². The van der Waals surface area contributed by atoms with Crippen molar-refractivity contribution in [1.29, 1.82) is 0 Å². The zero-order chi connectivity index (χ0) is 14.3. The molecule has 2 N–H and O–H groups in total. The van der Waals surface area contributed by atoms with Crippen LogP contribution in [0.5, 0.6) is 0 Å². The summed E-state index contributed by atoms with van der Waals surface area (Å²) in [6.07, 6.45) is 0. The summed E-state index contributed by atoms with van der Waals surface area (Å²) in [5.41, 5.74) is 0.233. The van der Waals surface area contributed by atoms with Crippen LogP contribution in [0.1, 0.15) is 0 Å². The number of carboxylic acid groups (broad SMARTS) is 1. The molecular formula is C11H11F2NO4S. The summed E-state index contributed by atoms with van der Waals surface area (Å²) in [6.45, 7) is -1.05. The van der Waals surface area contributed by atoms with E-state index < -0.39 is 30.8 Å². The SMILES string of the molecule is O=C(O)COCC(=O)Nc1ccccc1SC(F)F. The van der Waals surface area contributed by atoms with E-state index in [9.17, 15) is 18.4 Å². The zero-order valence-corrected chi connectivity index (χ0v) is 10.5. The summed E-state index contributed by atoms with van der Waals surface area (Å²) >= 11 is 0.313. The van der Waals surface area contributed by atoms with Gasteiger partial charge in [-0.2, -0.15) is 8.78 Å².